The van der Waals surface area contributed by atoms with Crippen LogP contribution in [-0.2, 0) is 11.2 Å². The van der Waals surface area contributed by atoms with Crippen molar-refractivity contribution in [2.75, 3.05) is 18.8 Å². The Hall–Kier alpha value is -3.92. The standard InChI is InChI=1S/C17H13N5.C7H11NO/c18-16-14-9-13(22-17(14)21-10-20-16)5-3-11-4-6-15-12(8-11)2-1-7-19-15;1-2-7(9)8-5-3-4-6-8/h4,6-10H,1-2H2,(H3,18,20,21,22);2H,1,3-6H2. The van der Waals surface area contributed by atoms with E-state index in [2.05, 4.69) is 44.4 Å². The van der Waals surface area contributed by atoms with Crippen LogP contribution in [0.5, 0.6) is 0 Å². The molecule has 156 valence electrons. The lowest BCUT2D eigenvalue weighted by atomic mass is 10.0. The predicted octanol–water partition coefficient (Wildman–Crippen LogP) is 3.38. The number of nitrogen functional groups attached to an aromatic ring is 1. The SMILES string of the molecule is C=CC(=O)N1CCCC1.Nc1ncnc2[nH]c(C#Cc3ccc4c(c3)CCC=N4)cc12. The molecule has 0 unspecified atom stereocenters. The quantitative estimate of drug-likeness (QED) is 0.473. The van der Waals surface area contributed by atoms with Crippen LogP contribution >= 0.6 is 0 Å². The van der Waals surface area contributed by atoms with Gasteiger partial charge in [0.1, 0.15) is 17.8 Å². The molecule has 1 saturated heterocycles. The van der Waals surface area contributed by atoms with Crippen LogP contribution in [0.15, 0.2) is 48.2 Å². The number of nitrogens with two attached hydrogens (primary N) is 1. The van der Waals surface area contributed by atoms with Crippen molar-refractivity contribution in [1.29, 1.82) is 0 Å². The van der Waals surface area contributed by atoms with Gasteiger partial charge in [0.2, 0.25) is 5.91 Å². The van der Waals surface area contributed by atoms with E-state index in [1.54, 1.807) is 0 Å². The van der Waals surface area contributed by atoms with Gasteiger partial charge in [-0.2, -0.15) is 0 Å². The maximum Gasteiger partial charge on any atom is 0.245 e. The molecule has 1 amide bonds. The first kappa shape index (κ1) is 20.4. The summed E-state index contributed by atoms with van der Waals surface area (Å²) in [6.07, 6.45) is 9.10. The highest BCUT2D eigenvalue weighted by atomic mass is 16.2. The molecule has 0 aliphatic carbocycles. The van der Waals surface area contributed by atoms with Gasteiger partial charge >= 0.3 is 0 Å². The third-order valence-corrected chi connectivity index (χ3v) is 5.24. The molecular formula is C24H24N6O. The van der Waals surface area contributed by atoms with Gasteiger partial charge in [0.15, 0.2) is 0 Å². The Morgan fingerprint density at radius 1 is 1.19 bits per heavy atom. The van der Waals surface area contributed by atoms with Crippen molar-refractivity contribution in [2.24, 2.45) is 4.99 Å². The lowest BCUT2D eigenvalue weighted by molar-refractivity contribution is -0.124. The zero-order valence-electron chi connectivity index (χ0n) is 17.3. The van der Waals surface area contributed by atoms with Gasteiger partial charge in [-0.3, -0.25) is 9.79 Å². The molecule has 31 heavy (non-hydrogen) atoms. The summed E-state index contributed by atoms with van der Waals surface area (Å²) in [5.74, 6) is 6.82. The highest BCUT2D eigenvalue weighted by Crippen LogP contribution is 2.24. The van der Waals surface area contributed by atoms with Gasteiger partial charge in [0.25, 0.3) is 0 Å². The van der Waals surface area contributed by atoms with E-state index >= 15 is 0 Å². The van der Waals surface area contributed by atoms with E-state index in [-0.39, 0.29) is 5.91 Å². The minimum absolute atomic E-state index is 0.0764. The first-order valence-electron chi connectivity index (χ1n) is 10.3. The molecule has 2 aliphatic heterocycles. The van der Waals surface area contributed by atoms with Crippen molar-refractivity contribution in [3.63, 3.8) is 0 Å². The van der Waals surface area contributed by atoms with Crippen LogP contribution in [0.2, 0.25) is 0 Å². The smallest absolute Gasteiger partial charge is 0.245 e. The lowest BCUT2D eigenvalue weighted by Gasteiger charge is -2.10. The zero-order chi connectivity index (χ0) is 21.6. The summed E-state index contributed by atoms with van der Waals surface area (Å²) in [7, 11) is 0. The minimum atomic E-state index is 0.0764. The van der Waals surface area contributed by atoms with Crippen LogP contribution in [0, 0.1) is 11.8 Å². The molecule has 7 nitrogen and oxygen atoms in total. The first-order valence-corrected chi connectivity index (χ1v) is 10.3. The fourth-order valence-corrected chi connectivity index (χ4v) is 3.60. The number of benzene rings is 1. The molecule has 0 radical (unpaired) electrons. The number of likely N-dealkylation sites (tertiary alicyclic amines) is 1. The van der Waals surface area contributed by atoms with Gasteiger partial charge in [-0.1, -0.05) is 12.5 Å². The van der Waals surface area contributed by atoms with Gasteiger partial charge in [0.05, 0.1) is 16.8 Å². The summed E-state index contributed by atoms with van der Waals surface area (Å²) in [6.45, 7) is 5.26. The number of aromatic amines is 1. The van der Waals surface area contributed by atoms with E-state index in [1.165, 1.54) is 18.0 Å². The van der Waals surface area contributed by atoms with E-state index in [0.717, 1.165) is 61.1 Å². The van der Waals surface area contributed by atoms with Gasteiger partial charge in [0, 0.05) is 24.9 Å². The van der Waals surface area contributed by atoms with Crippen molar-refractivity contribution < 1.29 is 4.79 Å². The number of hydrogen-bond donors (Lipinski definition) is 2. The molecule has 0 bridgehead atoms. The molecule has 3 aromatic rings. The average molecular weight is 412 g/mol. The normalized spacial score (nSPS) is 14.3. The van der Waals surface area contributed by atoms with E-state index < -0.39 is 0 Å². The number of amides is 1. The summed E-state index contributed by atoms with van der Waals surface area (Å²) in [4.78, 5) is 28.3. The monoisotopic (exact) mass is 412 g/mol. The third-order valence-electron chi connectivity index (χ3n) is 5.24. The van der Waals surface area contributed by atoms with Crippen LogP contribution in [0.4, 0.5) is 11.5 Å². The second-order valence-corrected chi connectivity index (χ2v) is 7.38. The number of nitrogens with one attached hydrogen (secondary N) is 1. The van der Waals surface area contributed by atoms with Crippen LogP contribution in [-0.4, -0.2) is 45.1 Å². The molecule has 0 spiro atoms. The van der Waals surface area contributed by atoms with Crippen molar-refractivity contribution in [3.05, 3.63) is 60.1 Å². The highest BCUT2D eigenvalue weighted by molar-refractivity contribution is 5.87. The number of fused-ring (bicyclic) bond motifs is 2. The fourth-order valence-electron chi connectivity index (χ4n) is 3.60. The van der Waals surface area contributed by atoms with E-state index in [9.17, 15) is 4.79 Å². The number of carbonyl (C=O) groups is 1. The Kier molecular flexibility index (Phi) is 6.08. The Morgan fingerprint density at radius 3 is 2.81 bits per heavy atom. The van der Waals surface area contributed by atoms with Crippen LogP contribution in [0.1, 0.15) is 36.1 Å². The molecule has 0 atom stereocenters. The van der Waals surface area contributed by atoms with E-state index in [4.69, 9.17) is 5.73 Å². The molecule has 3 N–H and O–H groups in total. The summed E-state index contributed by atoms with van der Waals surface area (Å²) < 4.78 is 0. The Morgan fingerprint density at radius 2 is 2.03 bits per heavy atom. The van der Waals surface area contributed by atoms with Crippen molar-refractivity contribution >= 4 is 34.7 Å². The number of hydrogen-bond acceptors (Lipinski definition) is 5. The van der Waals surface area contributed by atoms with Gasteiger partial charge in [-0.25, -0.2) is 9.97 Å². The maximum atomic E-state index is 10.8. The summed E-state index contributed by atoms with van der Waals surface area (Å²) in [6, 6.07) is 7.99. The molecule has 7 heteroatoms. The molecule has 4 heterocycles. The number of carbonyl (C=O) groups excluding carboxylic acids is 1. The lowest BCUT2D eigenvalue weighted by Crippen LogP contribution is -2.25. The summed E-state index contributed by atoms with van der Waals surface area (Å²) >= 11 is 0. The van der Waals surface area contributed by atoms with Crippen LogP contribution in [0.3, 0.4) is 0 Å². The number of rotatable bonds is 1. The Balaban J connectivity index is 0.000000217. The minimum Gasteiger partial charge on any atom is -0.383 e. The van der Waals surface area contributed by atoms with E-state index in [1.807, 2.05) is 29.3 Å². The number of nitrogens with zero attached hydrogens (tertiary/aromatic N) is 4. The first-order chi connectivity index (χ1) is 15.1. The maximum absolute atomic E-state index is 10.8. The van der Waals surface area contributed by atoms with Crippen molar-refractivity contribution in [3.8, 4) is 11.8 Å². The Labute approximate surface area is 181 Å². The number of aryl methyl sites for hydroxylation is 1. The number of aromatic nitrogens is 3. The zero-order valence-corrected chi connectivity index (χ0v) is 17.3. The predicted molar refractivity (Wildman–Crippen MR) is 123 cm³/mol. The third kappa shape index (κ3) is 4.81. The molecule has 1 aromatic carbocycles. The topological polar surface area (TPSA) is 100 Å². The summed E-state index contributed by atoms with van der Waals surface area (Å²) in [5, 5.41) is 0.798. The van der Waals surface area contributed by atoms with Crippen LogP contribution in [0.25, 0.3) is 11.0 Å². The second kappa shape index (κ2) is 9.26. The van der Waals surface area contributed by atoms with Gasteiger partial charge in [-0.15, -0.1) is 0 Å². The number of H-pyrrole nitrogens is 1. The molecular weight excluding hydrogens is 388 g/mol. The van der Waals surface area contributed by atoms with Crippen molar-refractivity contribution in [2.45, 2.75) is 25.7 Å². The van der Waals surface area contributed by atoms with Crippen molar-refractivity contribution in [1.82, 2.24) is 19.9 Å². The second-order valence-electron chi connectivity index (χ2n) is 7.38. The summed E-state index contributed by atoms with van der Waals surface area (Å²) in [5.41, 5.74) is 10.6. The van der Waals surface area contributed by atoms with E-state index in [0.29, 0.717) is 11.5 Å². The van der Waals surface area contributed by atoms with Gasteiger partial charge in [-0.05, 0) is 67.5 Å². The van der Waals surface area contributed by atoms with Crippen LogP contribution < -0.4 is 5.73 Å². The molecule has 5 rings (SSSR count). The molecule has 2 aromatic heterocycles. The highest BCUT2D eigenvalue weighted by Gasteiger charge is 2.14. The molecule has 2 aliphatic rings. The fraction of sp³-hybridized carbons (Fsp3) is 0.250. The average Bonchev–Trinajstić information content (AvgIpc) is 3.48. The Bertz CT molecular complexity index is 1210. The molecule has 1 fully saturated rings. The largest absolute Gasteiger partial charge is 0.383 e. The molecule has 0 saturated carbocycles. The number of anilines is 1. The van der Waals surface area contributed by atoms with Gasteiger partial charge < -0.3 is 15.6 Å². The number of aliphatic imine (C=N–C) groups is 1.